The summed E-state index contributed by atoms with van der Waals surface area (Å²) in [5.74, 6) is -0.207. The average Bonchev–Trinajstić information content (AvgIpc) is 3.31. The number of aromatic nitrogens is 1. The van der Waals surface area contributed by atoms with Crippen molar-refractivity contribution in [3.63, 3.8) is 0 Å². The Kier molecular flexibility index (Phi) is 5.15. The molecule has 4 nitrogen and oxygen atoms in total. The highest BCUT2D eigenvalue weighted by atomic mass is 79.9. The molecule has 134 valence electrons. The van der Waals surface area contributed by atoms with Crippen molar-refractivity contribution in [2.75, 3.05) is 5.01 Å². The molecule has 27 heavy (non-hydrogen) atoms. The summed E-state index contributed by atoms with van der Waals surface area (Å²) < 4.78 is 1.97. The van der Waals surface area contributed by atoms with Gasteiger partial charge in [0.15, 0.2) is 0 Å². The molecule has 0 bridgehead atoms. The van der Waals surface area contributed by atoms with Gasteiger partial charge in [0.2, 0.25) is 5.13 Å². The molecule has 0 aliphatic heterocycles. The molecule has 0 saturated heterocycles. The zero-order chi connectivity index (χ0) is 18.8. The first-order valence-corrected chi connectivity index (χ1v) is 10.6. The second-order valence-corrected chi connectivity index (χ2v) is 8.76. The number of thiophene rings is 1. The molecule has 4 rings (SSSR count). The largest absolute Gasteiger partial charge is 0.280 e. The van der Waals surface area contributed by atoms with E-state index in [9.17, 15) is 4.79 Å². The van der Waals surface area contributed by atoms with Crippen molar-refractivity contribution in [3.8, 4) is 0 Å². The predicted octanol–water partition coefficient (Wildman–Crippen LogP) is 6.11. The molecule has 2 heterocycles. The van der Waals surface area contributed by atoms with Gasteiger partial charge in [-0.1, -0.05) is 51.0 Å². The van der Waals surface area contributed by atoms with Gasteiger partial charge in [0.1, 0.15) is 0 Å². The number of carbonyl (C=O) groups excluding carboxylic acids is 1. The second kappa shape index (κ2) is 7.72. The first-order valence-electron chi connectivity index (χ1n) is 8.15. The number of fused-ring (bicyclic) bond motifs is 1. The van der Waals surface area contributed by atoms with E-state index in [1.807, 2.05) is 66.9 Å². The molecule has 0 radical (unpaired) electrons. The lowest BCUT2D eigenvalue weighted by Gasteiger charge is -2.13. The van der Waals surface area contributed by atoms with Gasteiger partial charge in [0.25, 0.3) is 5.91 Å². The van der Waals surface area contributed by atoms with Crippen molar-refractivity contribution in [1.29, 1.82) is 0 Å². The Morgan fingerprint density at radius 3 is 2.74 bits per heavy atom. The molecule has 0 aliphatic carbocycles. The zero-order valence-electron chi connectivity index (χ0n) is 14.3. The summed E-state index contributed by atoms with van der Waals surface area (Å²) >= 11 is 6.48. The maximum atomic E-state index is 13.1. The summed E-state index contributed by atoms with van der Waals surface area (Å²) in [6.07, 6.45) is 1.69. The van der Waals surface area contributed by atoms with Crippen LogP contribution in [-0.4, -0.2) is 17.1 Å². The van der Waals surface area contributed by atoms with Crippen LogP contribution in [0.1, 0.15) is 20.8 Å². The van der Waals surface area contributed by atoms with E-state index in [2.05, 4.69) is 26.0 Å². The highest BCUT2D eigenvalue weighted by molar-refractivity contribution is 9.10. The number of hydrogen-bond acceptors (Lipinski definition) is 5. The van der Waals surface area contributed by atoms with Crippen molar-refractivity contribution in [2.45, 2.75) is 6.92 Å². The highest BCUT2D eigenvalue weighted by Crippen LogP contribution is 2.32. The van der Waals surface area contributed by atoms with E-state index in [1.165, 1.54) is 16.3 Å². The Morgan fingerprint density at radius 1 is 1.19 bits per heavy atom. The number of hydrogen-bond donors (Lipinski definition) is 0. The molecule has 0 unspecified atom stereocenters. The van der Waals surface area contributed by atoms with Crippen LogP contribution < -0.4 is 5.01 Å². The van der Waals surface area contributed by atoms with Gasteiger partial charge < -0.3 is 0 Å². The van der Waals surface area contributed by atoms with Gasteiger partial charge >= 0.3 is 0 Å². The van der Waals surface area contributed by atoms with Crippen LogP contribution in [0.3, 0.4) is 0 Å². The molecule has 0 aliphatic rings. The third kappa shape index (κ3) is 4.00. The summed E-state index contributed by atoms with van der Waals surface area (Å²) in [5, 5.41) is 8.35. The molecular weight excluding hydrogens is 442 g/mol. The molecule has 0 N–H and O–H groups in total. The summed E-state index contributed by atoms with van der Waals surface area (Å²) in [4.78, 5) is 18.7. The minimum Gasteiger partial charge on any atom is -0.267 e. The van der Waals surface area contributed by atoms with Crippen LogP contribution in [0.4, 0.5) is 5.13 Å². The number of amides is 1. The van der Waals surface area contributed by atoms with E-state index < -0.39 is 0 Å². The SMILES string of the molecule is Cc1ccc(C(=O)N(/N=C/c2cccs2)c2nc3ccc(Br)cc3s2)cc1. The third-order valence-electron chi connectivity index (χ3n) is 3.85. The van der Waals surface area contributed by atoms with E-state index in [-0.39, 0.29) is 5.91 Å². The molecule has 0 spiro atoms. The van der Waals surface area contributed by atoms with Crippen LogP contribution in [0.25, 0.3) is 10.2 Å². The summed E-state index contributed by atoms with van der Waals surface area (Å²) in [5.41, 5.74) is 2.51. The Labute approximate surface area is 172 Å². The number of nitrogens with zero attached hydrogens (tertiary/aromatic N) is 3. The van der Waals surface area contributed by atoms with Crippen LogP contribution in [0, 0.1) is 6.92 Å². The van der Waals surface area contributed by atoms with Gasteiger partial charge in [0, 0.05) is 14.9 Å². The molecule has 4 aromatic rings. The van der Waals surface area contributed by atoms with E-state index in [1.54, 1.807) is 17.6 Å². The average molecular weight is 456 g/mol. The fraction of sp³-hybridized carbons (Fsp3) is 0.0500. The van der Waals surface area contributed by atoms with Crippen molar-refractivity contribution in [1.82, 2.24) is 4.98 Å². The number of benzene rings is 2. The number of halogens is 1. The third-order valence-corrected chi connectivity index (χ3v) is 6.15. The topological polar surface area (TPSA) is 45.6 Å². The summed E-state index contributed by atoms with van der Waals surface area (Å²) in [6, 6.07) is 17.2. The van der Waals surface area contributed by atoms with Gasteiger partial charge in [-0.3, -0.25) is 4.79 Å². The van der Waals surface area contributed by atoms with Crippen LogP contribution in [0.5, 0.6) is 0 Å². The second-order valence-electron chi connectivity index (χ2n) is 5.85. The summed E-state index contributed by atoms with van der Waals surface area (Å²) in [7, 11) is 0. The van der Waals surface area contributed by atoms with E-state index in [0.29, 0.717) is 10.7 Å². The minimum absolute atomic E-state index is 0.207. The lowest BCUT2D eigenvalue weighted by atomic mass is 10.1. The van der Waals surface area contributed by atoms with Crippen LogP contribution in [0.2, 0.25) is 0 Å². The maximum absolute atomic E-state index is 13.1. The quantitative estimate of drug-likeness (QED) is 0.275. The monoisotopic (exact) mass is 455 g/mol. The Bertz CT molecular complexity index is 1120. The van der Waals surface area contributed by atoms with Gasteiger partial charge in [-0.2, -0.15) is 10.1 Å². The number of carbonyl (C=O) groups is 1. The number of thiazole rings is 1. The lowest BCUT2D eigenvalue weighted by Crippen LogP contribution is -2.25. The molecule has 0 saturated carbocycles. The van der Waals surface area contributed by atoms with Crippen molar-refractivity contribution in [2.24, 2.45) is 5.10 Å². The number of hydrazone groups is 1. The Balaban J connectivity index is 1.76. The standard InChI is InChI=1S/C20H14BrN3OS2/c1-13-4-6-14(7-5-13)19(25)24(22-12-16-3-2-10-26-16)20-23-17-9-8-15(21)11-18(17)27-20/h2-12H,1H3/b22-12+. The van der Waals surface area contributed by atoms with Gasteiger partial charge in [0.05, 0.1) is 16.4 Å². The first-order chi connectivity index (χ1) is 13.1. The van der Waals surface area contributed by atoms with Crippen molar-refractivity contribution in [3.05, 3.63) is 80.5 Å². The molecule has 1 amide bonds. The van der Waals surface area contributed by atoms with Gasteiger partial charge in [-0.25, -0.2) is 4.98 Å². The normalized spacial score (nSPS) is 11.3. The number of aryl methyl sites for hydroxylation is 1. The molecule has 2 aromatic carbocycles. The molecule has 0 atom stereocenters. The molecule has 2 aromatic heterocycles. The first kappa shape index (κ1) is 18.0. The number of rotatable bonds is 4. The lowest BCUT2D eigenvalue weighted by molar-refractivity contribution is 0.0988. The van der Waals surface area contributed by atoms with Gasteiger partial charge in [-0.05, 0) is 48.7 Å². The minimum atomic E-state index is -0.207. The maximum Gasteiger partial charge on any atom is 0.280 e. The Morgan fingerprint density at radius 2 is 2.00 bits per heavy atom. The smallest absolute Gasteiger partial charge is 0.267 e. The van der Waals surface area contributed by atoms with Crippen molar-refractivity contribution < 1.29 is 4.79 Å². The van der Waals surface area contributed by atoms with E-state index in [4.69, 9.17) is 0 Å². The summed E-state index contributed by atoms with van der Waals surface area (Å²) in [6.45, 7) is 1.99. The highest BCUT2D eigenvalue weighted by Gasteiger charge is 2.21. The fourth-order valence-corrected chi connectivity index (χ4v) is 4.52. The number of anilines is 1. The van der Waals surface area contributed by atoms with Crippen LogP contribution in [-0.2, 0) is 0 Å². The molecular formula is C20H14BrN3OS2. The zero-order valence-corrected chi connectivity index (χ0v) is 17.5. The predicted molar refractivity (Wildman–Crippen MR) is 117 cm³/mol. The van der Waals surface area contributed by atoms with Crippen LogP contribution >= 0.6 is 38.6 Å². The van der Waals surface area contributed by atoms with Crippen molar-refractivity contribution >= 4 is 66.1 Å². The molecule has 0 fully saturated rings. The van der Waals surface area contributed by atoms with E-state index in [0.717, 1.165) is 25.1 Å². The fourth-order valence-electron chi connectivity index (χ4n) is 2.46. The van der Waals surface area contributed by atoms with E-state index >= 15 is 0 Å². The Hall–Kier alpha value is -2.35. The van der Waals surface area contributed by atoms with Gasteiger partial charge in [-0.15, -0.1) is 11.3 Å². The van der Waals surface area contributed by atoms with Crippen LogP contribution in [0.15, 0.2) is 69.6 Å². The molecule has 7 heteroatoms.